The van der Waals surface area contributed by atoms with Gasteiger partial charge in [0.15, 0.2) is 5.82 Å². The SMILES string of the molecule is COc1cc2c(cc1C=Nc1ccc(F)cc1F)C(C)=CC(C)(C)N2C. The summed E-state index contributed by atoms with van der Waals surface area (Å²) < 4.78 is 32.4. The van der Waals surface area contributed by atoms with Gasteiger partial charge in [0.1, 0.15) is 11.6 Å². The molecule has 0 saturated carbocycles. The lowest BCUT2D eigenvalue weighted by Crippen LogP contribution is -2.42. The Morgan fingerprint density at radius 3 is 2.54 bits per heavy atom. The van der Waals surface area contributed by atoms with Crippen LogP contribution in [0.25, 0.3) is 5.57 Å². The van der Waals surface area contributed by atoms with E-state index < -0.39 is 11.6 Å². The number of allylic oxidation sites excluding steroid dienone is 1. The first-order valence-electron chi connectivity index (χ1n) is 8.38. The predicted molar refractivity (Wildman–Crippen MR) is 103 cm³/mol. The van der Waals surface area contributed by atoms with Gasteiger partial charge in [-0.1, -0.05) is 6.08 Å². The predicted octanol–water partition coefficient (Wildman–Crippen LogP) is 5.36. The van der Waals surface area contributed by atoms with Crippen LogP contribution < -0.4 is 9.64 Å². The maximum atomic E-state index is 13.8. The third-order valence-corrected chi connectivity index (χ3v) is 4.82. The fraction of sp³-hybridized carbons (Fsp3) is 0.286. The first-order chi connectivity index (χ1) is 12.2. The number of nitrogens with zero attached hydrogens (tertiary/aromatic N) is 2. The van der Waals surface area contributed by atoms with Gasteiger partial charge in [0.25, 0.3) is 0 Å². The summed E-state index contributed by atoms with van der Waals surface area (Å²) in [6.07, 6.45) is 3.75. The molecule has 0 unspecified atom stereocenters. The number of rotatable bonds is 3. The maximum absolute atomic E-state index is 13.8. The number of hydrogen-bond acceptors (Lipinski definition) is 3. The molecule has 0 aliphatic carbocycles. The highest BCUT2D eigenvalue weighted by Gasteiger charge is 2.29. The van der Waals surface area contributed by atoms with Crippen LogP contribution in [0.5, 0.6) is 5.75 Å². The Balaban J connectivity index is 2.06. The van der Waals surface area contributed by atoms with Crippen molar-refractivity contribution in [1.82, 2.24) is 0 Å². The third-order valence-electron chi connectivity index (χ3n) is 4.82. The van der Waals surface area contributed by atoms with Crippen molar-refractivity contribution in [1.29, 1.82) is 0 Å². The molecule has 0 spiro atoms. The van der Waals surface area contributed by atoms with Crippen molar-refractivity contribution in [2.45, 2.75) is 26.3 Å². The molecule has 1 heterocycles. The minimum absolute atomic E-state index is 0.0803. The average Bonchev–Trinajstić information content (AvgIpc) is 2.58. The van der Waals surface area contributed by atoms with Gasteiger partial charge >= 0.3 is 0 Å². The zero-order valence-electron chi connectivity index (χ0n) is 15.6. The first-order valence-corrected chi connectivity index (χ1v) is 8.38. The van der Waals surface area contributed by atoms with E-state index in [0.717, 1.165) is 28.5 Å². The minimum atomic E-state index is -0.698. The van der Waals surface area contributed by atoms with E-state index in [4.69, 9.17) is 4.74 Å². The van der Waals surface area contributed by atoms with Gasteiger partial charge in [0, 0.05) is 42.2 Å². The molecule has 26 heavy (non-hydrogen) atoms. The van der Waals surface area contributed by atoms with E-state index in [0.29, 0.717) is 5.75 Å². The van der Waals surface area contributed by atoms with Gasteiger partial charge in [0.2, 0.25) is 0 Å². The van der Waals surface area contributed by atoms with Gasteiger partial charge in [-0.05, 0) is 44.5 Å². The summed E-state index contributed by atoms with van der Waals surface area (Å²) >= 11 is 0. The molecule has 0 radical (unpaired) electrons. The van der Waals surface area contributed by atoms with Crippen molar-refractivity contribution in [3.05, 3.63) is 59.2 Å². The zero-order valence-corrected chi connectivity index (χ0v) is 15.6. The second-order valence-corrected chi connectivity index (χ2v) is 7.01. The second-order valence-electron chi connectivity index (χ2n) is 7.01. The molecule has 0 fully saturated rings. The Kier molecular flexibility index (Phi) is 4.57. The molecule has 0 aromatic heterocycles. The molecule has 1 aliphatic heterocycles. The van der Waals surface area contributed by atoms with Crippen LogP contribution in [0.15, 0.2) is 41.4 Å². The number of aliphatic imine (C=N–C) groups is 1. The molecule has 2 aromatic rings. The fourth-order valence-electron chi connectivity index (χ4n) is 3.20. The van der Waals surface area contributed by atoms with E-state index in [1.807, 2.05) is 19.2 Å². The van der Waals surface area contributed by atoms with Crippen LogP contribution in [-0.4, -0.2) is 25.9 Å². The molecule has 0 N–H and O–H groups in total. The lowest BCUT2D eigenvalue weighted by molar-refractivity contribution is 0.414. The van der Waals surface area contributed by atoms with Gasteiger partial charge < -0.3 is 9.64 Å². The summed E-state index contributed by atoms with van der Waals surface area (Å²) in [4.78, 5) is 6.36. The van der Waals surface area contributed by atoms with Gasteiger partial charge in [-0.15, -0.1) is 0 Å². The quantitative estimate of drug-likeness (QED) is 0.692. The Bertz CT molecular complexity index is 916. The Morgan fingerprint density at radius 2 is 1.88 bits per heavy atom. The summed E-state index contributed by atoms with van der Waals surface area (Å²) in [6, 6.07) is 7.27. The average molecular weight is 356 g/mol. The molecule has 2 aromatic carbocycles. The molecule has 5 heteroatoms. The number of fused-ring (bicyclic) bond motifs is 1. The van der Waals surface area contributed by atoms with Crippen LogP contribution in [0.3, 0.4) is 0 Å². The molecule has 0 saturated heterocycles. The molecule has 3 rings (SSSR count). The van der Waals surface area contributed by atoms with Crippen LogP contribution in [0, 0.1) is 11.6 Å². The summed E-state index contributed by atoms with van der Waals surface area (Å²) in [6.45, 7) is 6.37. The van der Waals surface area contributed by atoms with Crippen LogP contribution >= 0.6 is 0 Å². The van der Waals surface area contributed by atoms with Crippen molar-refractivity contribution in [2.24, 2.45) is 4.99 Å². The number of benzene rings is 2. The minimum Gasteiger partial charge on any atom is -0.496 e. The molecule has 1 aliphatic rings. The largest absolute Gasteiger partial charge is 0.496 e. The molecule has 3 nitrogen and oxygen atoms in total. The van der Waals surface area contributed by atoms with Crippen LogP contribution in [0.2, 0.25) is 0 Å². The third kappa shape index (κ3) is 3.21. The fourth-order valence-corrected chi connectivity index (χ4v) is 3.20. The Hall–Kier alpha value is -2.69. The maximum Gasteiger partial charge on any atom is 0.151 e. The number of anilines is 1. The molecule has 0 amide bonds. The van der Waals surface area contributed by atoms with Crippen molar-refractivity contribution < 1.29 is 13.5 Å². The summed E-state index contributed by atoms with van der Waals surface area (Å²) in [5.41, 5.74) is 4.01. The summed E-state index contributed by atoms with van der Waals surface area (Å²) in [5, 5.41) is 0. The van der Waals surface area contributed by atoms with Crippen LogP contribution in [-0.2, 0) is 0 Å². The first kappa shape index (κ1) is 18.1. The van der Waals surface area contributed by atoms with Gasteiger partial charge in [-0.3, -0.25) is 4.99 Å². The standard InChI is InChI=1S/C21H22F2N2O/c1-13-11-21(2,3)25(4)19-10-20(26-5)14(8-16(13)19)12-24-18-7-6-15(22)9-17(18)23/h6-12H,1-5H3. The van der Waals surface area contributed by atoms with Crippen LogP contribution in [0.4, 0.5) is 20.2 Å². The highest BCUT2D eigenvalue weighted by atomic mass is 19.1. The number of halogens is 2. The van der Waals surface area contributed by atoms with E-state index in [2.05, 4.69) is 36.7 Å². The smallest absolute Gasteiger partial charge is 0.151 e. The lowest BCUT2D eigenvalue weighted by Gasteiger charge is -2.40. The molecule has 136 valence electrons. The topological polar surface area (TPSA) is 24.8 Å². The number of methoxy groups -OCH3 is 1. The normalized spacial score (nSPS) is 15.8. The number of hydrogen-bond donors (Lipinski definition) is 0. The zero-order chi connectivity index (χ0) is 19.1. The van der Waals surface area contributed by atoms with Crippen molar-refractivity contribution in [2.75, 3.05) is 19.1 Å². The van der Waals surface area contributed by atoms with E-state index >= 15 is 0 Å². The van der Waals surface area contributed by atoms with E-state index in [-0.39, 0.29) is 11.2 Å². The summed E-state index contributed by atoms with van der Waals surface area (Å²) in [5.74, 6) is -0.678. The van der Waals surface area contributed by atoms with E-state index in [1.54, 1.807) is 13.3 Å². The van der Waals surface area contributed by atoms with Gasteiger partial charge in [-0.25, -0.2) is 8.78 Å². The van der Waals surface area contributed by atoms with E-state index in [9.17, 15) is 8.78 Å². The second kappa shape index (κ2) is 6.56. The Labute approximate surface area is 152 Å². The van der Waals surface area contributed by atoms with Gasteiger partial charge in [-0.2, -0.15) is 0 Å². The highest BCUT2D eigenvalue weighted by Crippen LogP contribution is 2.41. The van der Waals surface area contributed by atoms with Crippen molar-refractivity contribution in [3.8, 4) is 5.75 Å². The highest BCUT2D eigenvalue weighted by molar-refractivity contribution is 5.91. The Morgan fingerprint density at radius 1 is 1.15 bits per heavy atom. The number of ether oxygens (including phenoxy) is 1. The van der Waals surface area contributed by atoms with E-state index in [1.165, 1.54) is 12.1 Å². The monoisotopic (exact) mass is 356 g/mol. The van der Waals surface area contributed by atoms with Crippen molar-refractivity contribution >= 4 is 23.2 Å². The number of likely N-dealkylation sites (N-methyl/N-ethyl adjacent to an activating group) is 1. The molecule has 0 atom stereocenters. The molecular weight excluding hydrogens is 334 g/mol. The van der Waals surface area contributed by atoms with Crippen molar-refractivity contribution in [3.63, 3.8) is 0 Å². The molecule has 0 bridgehead atoms. The molecular formula is C21H22F2N2O. The summed E-state index contributed by atoms with van der Waals surface area (Å²) in [7, 11) is 3.64. The van der Waals surface area contributed by atoms with Gasteiger partial charge in [0.05, 0.1) is 18.3 Å². The van der Waals surface area contributed by atoms with Crippen LogP contribution in [0.1, 0.15) is 31.9 Å². The lowest BCUT2D eigenvalue weighted by atomic mass is 9.88.